The van der Waals surface area contributed by atoms with Gasteiger partial charge in [-0.3, -0.25) is 14.7 Å². The van der Waals surface area contributed by atoms with Crippen LogP contribution in [-0.4, -0.2) is 84.5 Å². The van der Waals surface area contributed by atoms with E-state index in [0.29, 0.717) is 6.54 Å². The Morgan fingerprint density at radius 2 is 1.68 bits per heavy atom. The molecule has 0 aliphatic carbocycles. The van der Waals surface area contributed by atoms with E-state index in [-0.39, 0.29) is 18.5 Å². The summed E-state index contributed by atoms with van der Waals surface area (Å²) in [6.45, 7) is 5.98. The van der Waals surface area contributed by atoms with Crippen LogP contribution in [0.15, 0.2) is 0 Å². The molecule has 0 aromatic rings. The van der Waals surface area contributed by atoms with Crippen LogP contribution < -0.4 is 5.84 Å². The van der Waals surface area contributed by atoms with Crippen molar-refractivity contribution in [1.29, 1.82) is 0 Å². The number of imide groups is 1. The predicted octanol–water partition coefficient (Wildman–Crippen LogP) is -0.848. The van der Waals surface area contributed by atoms with Crippen molar-refractivity contribution in [3.05, 3.63) is 0 Å². The molecule has 0 radical (unpaired) electrons. The Kier molecular flexibility index (Phi) is 4.73. The Hall–Kier alpha value is -1.18. The van der Waals surface area contributed by atoms with Crippen molar-refractivity contribution < 1.29 is 9.59 Å². The summed E-state index contributed by atoms with van der Waals surface area (Å²) in [5, 5.41) is 0.975. The fraction of sp³-hybridized carbons (Fsp3) is 0.833. The van der Waals surface area contributed by atoms with Crippen LogP contribution in [0.25, 0.3) is 0 Å². The minimum atomic E-state index is -0.371. The highest BCUT2D eigenvalue weighted by Crippen LogP contribution is 2.08. The minimum absolute atomic E-state index is 0.0112. The highest BCUT2D eigenvalue weighted by molar-refractivity contribution is 6.01. The standard InChI is InChI=1S/C12H23N5O2/c1-14-6-8-15(9-7-14)4-2-3-5-16-11(18)10-17(13)12(16)19/h2-10,13H2,1H3. The monoisotopic (exact) mass is 269 g/mol. The van der Waals surface area contributed by atoms with E-state index in [9.17, 15) is 9.59 Å². The molecule has 2 saturated heterocycles. The molecular formula is C12H23N5O2. The maximum Gasteiger partial charge on any atom is 0.341 e. The average molecular weight is 269 g/mol. The van der Waals surface area contributed by atoms with Gasteiger partial charge in [-0.05, 0) is 26.4 Å². The van der Waals surface area contributed by atoms with E-state index >= 15 is 0 Å². The quantitative estimate of drug-likeness (QED) is 0.305. The molecule has 0 spiro atoms. The van der Waals surface area contributed by atoms with Crippen LogP contribution in [0, 0.1) is 0 Å². The molecule has 108 valence electrons. The minimum Gasteiger partial charge on any atom is -0.304 e. The molecule has 2 heterocycles. The second-order valence-electron chi connectivity index (χ2n) is 5.31. The Balaban J connectivity index is 1.62. The van der Waals surface area contributed by atoms with Crippen LogP contribution in [0.2, 0.25) is 0 Å². The lowest BCUT2D eigenvalue weighted by atomic mass is 10.2. The zero-order chi connectivity index (χ0) is 13.8. The number of hydrazine groups is 1. The summed E-state index contributed by atoms with van der Waals surface area (Å²) < 4.78 is 0. The summed E-state index contributed by atoms with van der Waals surface area (Å²) in [7, 11) is 2.14. The summed E-state index contributed by atoms with van der Waals surface area (Å²) in [6, 6.07) is -0.371. The van der Waals surface area contributed by atoms with Crippen molar-refractivity contribution in [2.24, 2.45) is 5.84 Å². The van der Waals surface area contributed by atoms with Crippen molar-refractivity contribution in [3.8, 4) is 0 Å². The number of carbonyl (C=O) groups excluding carboxylic acids is 2. The van der Waals surface area contributed by atoms with E-state index in [2.05, 4.69) is 16.8 Å². The zero-order valence-electron chi connectivity index (χ0n) is 11.5. The molecule has 2 rings (SSSR count). The topological polar surface area (TPSA) is 73.1 Å². The first kappa shape index (κ1) is 14.2. The Labute approximate surface area is 113 Å². The second kappa shape index (κ2) is 6.31. The number of piperazine rings is 1. The van der Waals surface area contributed by atoms with Crippen LogP contribution >= 0.6 is 0 Å². The van der Waals surface area contributed by atoms with Crippen molar-refractivity contribution in [2.45, 2.75) is 12.8 Å². The fourth-order valence-electron chi connectivity index (χ4n) is 2.46. The van der Waals surface area contributed by atoms with E-state index < -0.39 is 0 Å². The second-order valence-corrected chi connectivity index (χ2v) is 5.31. The van der Waals surface area contributed by atoms with Gasteiger partial charge < -0.3 is 9.80 Å². The smallest absolute Gasteiger partial charge is 0.304 e. The van der Waals surface area contributed by atoms with E-state index in [4.69, 9.17) is 5.84 Å². The van der Waals surface area contributed by atoms with Crippen molar-refractivity contribution >= 4 is 11.9 Å². The van der Waals surface area contributed by atoms with Crippen LogP contribution in [0.3, 0.4) is 0 Å². The maximum absolute atomic E-state index is 11.5. The number of hydrogen-bond donors (Lipinski definition) is 1. The molecule has 0 aromatic heterocycles. The van der Waals surface area contributed by atoms with Crippen LogP contribution in [0.4, 0.5) is 4.79 Å². The third-order valence-corrected chi connectivity index (χ3v) is 3.79. The molecule has 2 N–H and O–H groups in total. The number of urea groups is 1. The zero-order valence-corrected chi connectivity index (χ0v) is 11.5. The lowest BCUT2D eigenvalue weighted by Crippen LogP contribution is -2.44. The van der Waals surface area contributed by atoms with Gasteiger partial charge in [0, 0.05) is 32.7 Å². The number of unbranched alkanes of at least 4 members (excludes halogenated alkanes) is 1. The Morgan fingerprint density at radius 3 is 2.26 bits per heavy atom. The third-order valence-electron chi connectivity index (χ3n) is 3.79. The maximum atomic E-state index is 11.5. The molecule has 0 aromatic carbocycles. The van der Waals surface area contributed by atoms with Crippen LogP contribution in [-0.2, 0) is 4.79 Å². The molecule has 0 unspecified atom stereocenters. The molecule has 7 heteroatoms. The number of likely N-dealkylation sites (N-methyl/N-ethyl adjacent to an activating group) is 1. The summed E-state index contributed by atoms with van der Waals surface area (Å²) in [5.41, 5.74) is 0. The number of nitrogens with two attached hydrogens (primary N) is 1. The molecule has 0 saturated carbocycles. The highest BCUT2D eigenvalue weighted by atomic mass is 16.2. The van der Waals surface area contributed by atoms with E-state index in [1.807, 2.05) is 0 Å². The highest BCUT2D eigenvalue weighted by Gasteiger charge is 2.33. The van der Waals surface area contributed by atoms with E-state index in [0.717, 1.165) is 50.6 Å². The van der Waals surface area contributed by atoms with Gasteiger partial charge in [0.25, 0.3) is 5.91 Å². The summed E-state index contributed by atoms with van der Waals surface area (Å²) >= 11 is 0. The molecule has 2 aliphatic heterocycles. The summed E-state index contributed by atoms with van der Waals surface area (Å²) in [6.07, 6.45) is 1.85. The summed E-state index contributed by atoms with van der Waals surface area (Å²) in [4.78, 5) is 29.0. The normalized spacial score (nSPS) is 22.6. The molecular weight excluding hydrogens is 246 g/mol. The number of hydrogen-bond acceptors (Lipinski definition) is 5. The summed E-state index contributed by atoms with van der Waals surface area (Å²) in [5.74, 6) is 5.21. The van der Waals surface area contributed by atoms with Crippen LogP contribution in [0.5, 0.6) is 0 Å². The molecule has 2 aliphatic rings. The van der Waals surface area contributed by atoms with Crippen molar-refractivity contribution in [1.82, 2.24) is 19.7 Å². The van der Waals surface area contributed by atoms with Crippen molar-refractivity contribution in [2.75, 3.05) is 52.9 Å². The third kappa shape index (κ3) is 3.65. The van der Waals surface area contributed by atoms with Gasteiger partial charge in [0.1, 0.15) is 6.54 Å². The van der Waals surface area contributed by atoms with Crippen LogP contribution in [0.1, 0.15) is 12.8 Å². The SMILES string of the molecule is CN1CCN(CCCCN2C(=O)CN(N)C2=O)CC1. The van der Waals surface area contributed by atoms with Crippen molar-refractivity contribution in [3.63, 3.8) is 0 Å². The van der Waals surface area contributed by atoms with Gasteiger partial charge in [-0.1, -0.05) is 0 Å². The van der Waals surface area contributed by atoms with Gasteiger partial charge in [0.15, 0.2) is 0 Å². The van der Waals surface area contributed by atoms with Gasteiger partial charge >= 0.3 is 6.03 Å². The average Bonchev–Trinajstić information content (AvgIpc) is 2.62. The first-order valence-electron chi connectivity index (χ1n) is 6.85. The molecule has 7 nitrogen and oxygen atoms in total. The Bertz CT molecular complexity index is 341. The Morgan fingerprint density at radius 1 is 1.05 bits per heavy atom. The molecule has 2 fully saturated rings. The van der Waals surface area contributed by atoms with Gasteiger partial charge in [0.05, 0.1) is 0 Å². The van der Waals surface area contributed by atoms with Gasteiger partial charge in [-0.15, -0.1) is 0 Å². The first-order valence-corrected chi connectivity index (χ1v) is 6.85. The molecule has 3 amide bonds. The predicted molar refractivity (Wildman–Crippen MR) is 71.2 cm³/mol. The largest absolute Gasteiger partial charge is 0.341 e. The molecule has 0 bridgehead atoms. The fourth-order valence-corrected chi connectivity index (χ4v) is 2.46. The van der Waals surface area contributed by atoms with Gasteiger partial charge in [-0.2, -0.15) is 0 Å². The number of nitrogens with zero attached hydrogens (tertiary/aromatic N) is 4. The van der Waals surface area contributed by atoms with E-state index in [1.54, 1.807) is 0 Å². The number of rotatable bonds is 5. The molecule has 19 heavy (non-hydrogen) atoms. The lowest BCUT2D eigenvalue weighted by Gasteiger charge is -2.32. The van der Waals surface area contributed by atoms with Gasteiger partial charge in [0.2, 0.25) is 0 Å². The first-order chi connectivity index (χ1) is 9.08. The van der Waals surface area contributed by atoms with Gasteiger partial charge in [-0.25, -0.2) is 10.6 Å². The molecule has 0 atom stereocenters. The lowest BCUT2D eigenvalue weighted by molar-refractivity contribution is -0.125. The number of carbonyl (C=O) groups is 2. The number of amides is 3. The van der Waals surface area contributed by atoms with E-state index in [1.165, 1.54) is 4.90 Å².